The predicted molar refractivity (Wildman–Crippen MR) is 102 cm³/mol. The summed E-state index contributed by atoms with van der Waals surface area (Å²) in [4.78, 5) is 23.7. The fourth-order valence-electron chi connectivity index (χ4n) is 3.45. The predicted octanol–water partition coefficient (Wildman–Crippen LogP) is 4.05. The molecule has 5 heteroatoms. The Kier molecular flexibility index (Phi) is 5.74. The van der Waals surface area contributed by atoms with E-state index in [0.29, 0.717) is 22.7 Å². The van der Waals surface area contributed by atoms with Gasteiger partial charge in [0.05, 0.1) is 11.4 Å². The molecule has 0 radical (unpaired) electrons. The van der Waals surface area contributed by atoms with E-state index >= 15 is 0 Å². The summed E-state index contributed by atoms with van der Waals surface area (Å²) in [6, 6.07) is 12.1. The van der Waals surface area contributed by atoms with Crippen molar-refractivity contribution in [2.45, 2.75) is 32.3 Å². The molecule has 25 heavy (non-hydrogen) atoms. The van der Waals surface area contributed by atoms with Gasteiger partial charge in [-0.2, -0.15) is 0 Å². The quantitative estimate of drug-likeness (QED) is 0.613. The third-order valence-corrected chi connectivity index (χ3v) is 5.28. The number of thioether (sulfide) groups is 1. The zero-order valence-electron chi connectivity index (χ0n) is 15.1. The van der Waals surface area contributed by atoms with Crippen LogP contribution in [-0.4, -0.2) is 39.6 Å². The number of carbonyl (C=O) groups excluding carboxylic acids is 1. The van der Waals surface area contributed by atoms with Crippen molar-refractivity contribution in [3.63, 3.8) is 0 Å². The summed E-state index contributed by atoms with van der Waals surface area (Å²) < 4.78 is 0. The number of carbonyl (C=O) groups is 1. The molecule has 132 valence electrons. The summed E-state index contributed by atoms with van der Waals surface area (Å²) in [5, 5.41) is 0.672. The third-order valence-electron chi connectivity index (χ3n) is 4.45. The number of hydrogen-bond acceptors (Lipinski definition) is 4. The Hall–Kier alpha value is -1.88. The standard InChI is InChI=1S/C20H25N3OS/c1-14-9-15(2)12-23(11-14)19(24)13-25-20-21-16(3)10-18(22-20)17-7-5-4-6-8-17/h4-8,10,14-15H,9,11-13H2,1-3H3/t14-,15-/m0/s1. The number of rotatable bonds is 4. The Bertz CT molecular complexity index is 725. The van der Waals surface area contributed by atoms with Gasteiger partial charge in [0.2, 0.25) is 5.91 Å². The normalized spacial score (nSPS) is 20.5. The number of aromatic nitrogens is 2. The molecular formula is C20H25N3OS. The first kappa shape index (κ1) is 17.9. The molecule has 0 saturated carbocycles. The summed E-state index contributed by atoms with van der Waals surface area (Å²) in [6.07, 6.45) is 1.21. The lowest BCUT2D eigenvalue weighted by Crippen LogP contribution is -2.43. The highest BCUT2D eigenvalue weighted by Crippen LogP contribution is 2.24. The molecule has 0 bridgehead atoms. The van der Waals surface area contributed by atoms with Crippen molar-refractivity contribution in [1.82, 2.24) is 14.9 Å². The molecule has 1 saturated heterocycles. The van der Waals surface area contributed by atoms with Gasteiger partial charge in [-0.25, -0.2) is 9.97 Å². The van der Waals surface area contributed by atoms with Gasteiger partial charge in [0.15, 0.2) is 5.16 Å². The van der Waals surface area contributed by atoms with Crippen LogP contribution in [0.15, 0.2) is 41.6 Å². The molecule has 4 nitrogen and oxygen atoms in total. The zero-order chi connectivity index (χ0) is 17.8. The first-order chi connectivity index (χ1) is 12.0. The van der Waals surface area contributed by atoms with Crippen molar-refractivity contribution < 1.29 is 4.79 Å². The highest BCUT2D eigenvalue weighted by atomic mass is 32.2. The largest absolute Gasteiger partial charge is 0.341 e. The first-order valence-electron chi connectivity index (χ1n) is 8.83. The first-order valence-corrected chi connectivity index (χ1v) is 9.81. The number of piperidine rings is 1. The van der Waals surface area contributed by atoms with Gasteiger partial charge in [-0.05, 0) is 31.2 Å². The zero-order valence-corrected chi connectivity index (χ0v) is 15.9. The molecule has 2 atom stereocenters. The second-order valence-corrected chi connectivity index (χ2v) is 8.02. The van der Waals surface area contributed by atoms with Crippen molar-refractivity contribution in [1.29, 1.82) is 0 Å². The fourth-order valence-corrected chi connectivity index (χ4v) is 4.25. The van der Waals surface area contributed by atoms with Gasteiger partial charge >= 0.3 is 0 Å². The minimum Gasteiger partial charge on any atom is -0.341 e. The molecule has 1 aliphatic heterocycles. The lowest BCUT2D eigenvalue weighted by molar-refractivity contribution is -0.130. The maximum atomic E-state index is 12.6. The van der Waals surface area contributed by atoms with Crippen molar-refractivity contribution in [2.24, 2.45) is 11.8 Å². The van der Waals surface area contributed by atoms with Crippen LogP contribution in [0.5, 0.6) is 0 Å². The van der Waals surface area contributed by atoms with E-state index in [4.69, 9.17) is 0 Å². The van der Waals surface area contributed by atoms with E-state index < -0.39 is 0 Å². The molecule has 0 spiro atoms. The second kappa shape index (κ2) is 8.00. The van der Waals surface area contributed by atoms with E-state index in [2.05, 4.69) is 23.8 Å². The Morgan fingerprint density at radius 1 is 1.16 bits per heavy atom. The summed E-state index contributed by atoms with van der Waals surface area (Å²) in [5.74, 6) is 1.75. The monoisotopic (exact) mass is 355 g/mol. The molecule has 0 unspecified atom stereocenters. The van der Waals surface area contributed by atoms with Crippen molar-refractivity contribution in [2.75, 3.05) is 18.8 Å². The van der Waals surface area contributed by atoms with E-state index in [9.17, 15) is 4.79 Å². The van der Waals surface area contributed by atoms with E-state index in [1.165, 1.54) is 18.2 Å². The van der Waals surface area contributed by atoms with E-state index in [0.717, 1.165) is 30.0 Å². The smallest absolute Gasteiger partial charge is 0.233 e. The molecule has 1 fully saturated rings. The van der Waals surface area contributed by atoms with Crippen LogP contribution in [-0.2, 0) is 4.79 Å². The van der Waals surface area contributed by atoms with Crippen LogP contribution in [0.1, 0.15) is 26.0 Å². The summed E-state index contributed by atoms with van der Waals surface area (Å²) in [5.41, 5.74) is 2.90. The van der Waals surface area contributed by atoms with E-state index in [1.807, 2.05) is 48.2 Å². The van der Waals surface area contributed by atoms with E-state index in [-0.39, 0.29) is 5.91 Å². The number of benzene rings is 1. The lowest BCUT2D eigenvalue weighted by atomic mass is 9.92. The molecule has 2 heterocycles. The lowest BCUT2D eigenvalue weighted by Gasteiger charge is -2.34. The topological polar surface area (TPSA) is 46.1 Å². The second-order valence-electron chi connectivity index (χ2n) is 7.08. The molecule has 0 N–H and O–H groups in total. The molecule has 1 aromatic heterocycles. The minimum atomic E-state index is 0.190. The Morgan fingerprint density at radius 3 is 2.52 bits per heavy atom. The molecule has 2 aromatic rings. The molecule has 1 aliphatic rings. The van der Waals surface area contributed by atoms with Gasteiger partial charge in [0.25, 0.3) is 0 Å². The molecule has 0 aliphatic carbocycles. The van der Waals surface area contributed by atoms with Crippen LogP contribution in [0.4, 0.5) is 0 Å². The number of nitrogens with zero attached hydrogens (tertiary/aromatic N) is 3. The number of hydrogen-bond donors (Lipinski definition) is 0. The minimum absolute atomic E-state index is 0.190. The van der Waals surface area contributed by atoms with Crippen molar-refractivity contribution in [3.8, 4) is 11.3 Å². The molecular weight excluding hydrogens is 330 g/mol. The number of likely N-dealkylation sites (tertiary alicyclic amines) is 1. The van der Waals surface area contributed by atoms with Crippen molar-refractivity contribution >= 4 is 17.7 Å². The average Bonchev–Trinajstić information content (AvgIpc) is 2.59. The molecule has 3 rings (SSSR count). The van der Waals surface area contributed by atoms with Gasteiger partial charge in [0, 0.05) is 24.3 Å². The summed E-state index contributed by atoms with van der Waals surface area (Å²) in [7, 11) is 0. The van der Waals surface area contributed by atoms with E-state index in [1.54, 1.807) is 0 Å². The van der Waals surface area contributed by atoms with Gasteiger partial charge < -0.3 is 4.90 Å². The van der Waals surface area contributed by atoms with Crippen LogP contribution >= 0.6 is 11.8 Å². The van der Waals surface area contributed by atoms with Gasteiger partial charge in [0.1, 0.15) is 0 Å². The molecule has 1 amide bonds. The van der Waals surface area contributed by atoms with Gasteiger partial charge in [-0.1, -0.05) is 55.9 Å². The highest BCUT2D eigenvalue weighted by Gasteiger charge is 2.25. The Labute approximate surface area is 154 Å². The summed E-state index contributed by atoms with van der Waals surface area (Å²) in [6.45, 7) is 8.15. The fraction of sp³-hybridized carbons (Fsp3) is 0.450. The maximum Gasteiger partial charge on any atom is 0.233 e. The highest BCUT2D eigenvalue weighted by molar-refractivity contribution is 7.99. The van der Waals surface area contributed by atoms with Crippen LogP contribution < -0.4 is 0 Å². The van der Waals surface area contributed by atoms with Crippen molar-refractivity contribution in [3.05, 3.63) is 42.1 Å². The summed E-state index contributed by atoms with van der Waals surface area (Å²) >= 11 is 1.43. The van der Waals surface area contributed by atoms with Crippen LogP contribution in [0.3, 0.4) is 0 Å². The number of aryl methyl sites for hydroxylation is 1. The Balaban J connectivity index is 1.67. The average molecular weight is 356 g/mol. The third kappa shape index (κ3) is 4.82. The van der Waals surface area contributed by atoms with Gasteiger partial charge in [-0.3, -0.25) is 4.79 Å². The number of amides is 1. The Morgan fingerprint density at radius 2 is 1.84 bits per heavy atom. The molecule has 1 aromatic carbocycles. The van der Waals surface area contributed by atoms with Gasteiger partial charge in [-0.15, -0.1) is 0 Å². The maximum absolute atomic E-state index is 12.6. The van der Waals surface area contributed by atoms with Crippen LogP contribution in [0.25, 0.3) is 11.3 Å². The van der Waals surface area contributed by atoms with Crippen LogP contribution in [0.2, 0.25) is 0 Å². The van der Waals surface area contributed by atoms with Crippen LogP contribution in [0, 0.1) is 18.8 Å². The SMILES string of the molecule is Cc1cc(-c2ccccc2)nc(SCC(=O)N2C[C@@H](C)C[C@H](C)C2)n1.